The van der Waals surface area contributed by atoms with Crippen LogP contribution in [0.2, 0.25) is 0 Å². The Labute approximate surface area is 143 Å². The van der Waals surface area contributed by atoms with E-state index < -0.39 is 0 Å². The summed E-state index contributed by atoms with van der Waals surface area (Å²) in [7, 11) is 3.45. The molecule has 2 amide bonds. The average molecular weight is 330 g/mol. The number of methoxy groups -OCH3 is 1. The molecular weight excluding hydrogens is 304 g/mol. The van der Waals surface area contributed by atoms with E-state index in [4.69, 9.17) is 4.74 Å². The van der Waals surface area contributed by atoms with E-state index in [0.29, 0.717) is 18.9 Å². The molecule has 1 aromatic rings. The van der Waals surface area contributed by atoms with Crippen molar-refractivity contribution in [2.24, 2.45) is 11.8 Å². The summed E-state index contributed by atoms with van der Waals surface area (Å²) < 4.78 is 5.19. The average Bonchev–Trinajstić information content (AvgIpc) is 2.95. The van der Waals surface area contributed by atoms with Gasteiger partial charge in [-0.25, -0.2) is 0 Å². The molecule has 0 spiro atoms. The van der Waals surface area contributed by atoms with Gasteiger partial charge in [-0.2, -0.15) is 0 Å². The number of ether oxygens (including phenoxy) is 1. The Balaban J connectivity index is 1.48. The summed E-state index contributed by atoms with van der Waals surface area (Å²) in [6.07, 6.45) is 3.50. The Hall–Kier alpha value is -2.04. The molecule has 5 heteroatoms. The van der Waals surface area contributed by atoms with Crippen LogP contribution in [0.4, 0.5) is 0 Å². The first kappa shape index (κ1) is 16.8. The molecule has 0 bridgehead atoms. The van der Waals surface area contributed by atoms with Gasteiger partial charge in [0.25, 0.3) is 0 Å². The van der Waals surface area contributed by atoms with Crippen LogP contribution in [-0.4, -0.2) is 55.4 Å². The number of hydrogen-bond donors (Lipinski definition) is 0. The van der Waals surface area contributed by atoms with Crippen molar-refractivity contribution in [1.82, 2.24) is 9.80 Å². The highest BCUT2D eigenvalue weighted by molar-refractivity contribution is 5.89. The lowest BCUT2D eigenvalue weighted by Gasteiger charge is -2.33. The molecule has 1 aromatic carbocycles. The zero-order chi connectivity index (χ0) is 17.1. The monoisotopic (exact) mass is 330 g/mol. The molecule has 0 unspecified atom stereocenters. The molecule has 0 aliphatic carbocycles. The lowest BCUT2D eigenvalue weighted by Crippen LogP contribution is -2.42. The Morgan fingerprint density at radius 2 is 1.88 bits per heavy atom. The van der Waals surface area contributed by atoms with Crippen LogP contribution in [-0.2, 0) is 16.0 Å². The number of piperidine rings is 1. The minimum absolute atomic E-state index is 0.0859. The highest BCUT2D eigenvalue weighted by Gasteiger charge is 2.35. The molecule has 0 aromatic heterocycles. The van der Waals surface area contributed by atoms with E-state index in [-0.39, 0.29) is 17.7 Å². The van der Waals surface area contributed by atoms with E-state index in [1.54, 1.807) is 19.1 Å². The molecule has 5 nitrogen and oxygen atoms in total. The maximum Gasteiger partial charge on any atom is 0.227 e. The van der Waals surface area contributed by atoms with Crippen molar-refractivity contribution in [3.05, 3.63) is 29.8 Å². The van der Waals surface area contributed by atoms with Crippen molar-refractivity contribution in [1.29, 1.82) is 0 Å². The van der Waals surface area contributed by atoms with Gasteiger partial charge in [0, 0.05) is 33.1 Å². The van der Waals surface area contributed by atoms with Gasteiger partial charge in [-0.05, 0) is 42.9 Å². The molecule has 24 heavy (non-hydrogen) atoms. The molecule has 0 radical (unpaired) electrons. The number of amides is 2. The van der Waals surface area contributed by atoms with Crippen molar-refractivity contribution in [3.63, 3.8) is 0 Å². The van der Waals surface area contributed by atoms with Gasteiger partial charge in [-0.15, -0.1) is 0 Å². The lowest BCUT2D eigenvalue weighted by molar-refractivity contribution is -0.137. The second-order valence-electron chi connectivity index (χ2n) is 7.00. The highest BCUT2D eigenvalue weighted by Crippen LogP contribution is 2.26. The van der Waals surface area contributed by atoms with Crippen LogP contribution in [0.25, 0.3) is 0 Å². The van der Waals surface area contributed by atoms with Gasteiger partial charge in [0.05, 0.1) is 13.0 Å². The molecule has 3 rings (SSSR count). The van der Waals surface area contributed by atoms with Gasteiger partial charge in [-0.1, -0.05) is 12.1 Å². The van der Waals surface area contributed by atoms with Crippen molar-refractivity contribution in [2.75, 3.05) is 33.8 Å². The van der Waals surface area contributed by atoms with Gasteiger partial charge in [0.2, 0.25) is 11.8 Å². The van der Waals surface area contributed by atoms with Crippen LogP contribution in [0.5, 0.6) is 5.75 Å². The van der Waals surface area contributed by atoms with E-state index in [9.17, 15) is 9.59 Å². The Morgan fingerprint density at radius 1 is 1.21 bits per heavy atom. The molecule has 1 atom stereocenters. The fourth-order valence-corrected chi connectivity index (χ4v) is 3.74. The fraction of sp³-hybridized carbons (Fsp3) is 0.579. The highest BCUT2D eigenvalue weighted by atomic mass is 16.5. The van der Waals surface area contributed by atoms with Crippen molar-refractivity contribution >= 4 is 11.8 Å². The van der Waals surface area contributed by atoms with Gasteiger partial charge < -0.3 is 14.5 Å². The minimum Gasteiger partial charge on any atom is -0.497 e. The summed E-state index contributed by atoms with van der Waals surface area (Å²) in [5.41, 5.74) is 1.32. The molecule has 2 aliphatic heterocycles. The Morgan fingerprint density at radius 3 is 2.42 bits per heavy atom. The SMILES string of the molecule is COc1ccc(CC2CCN(C(=O)[C@H]3CC(=O)N(C)C3)CC2)cc1. The van der Waals surface area contributed by atoms with Crippen LogP contribution in [0, 0.1) is 11.8 Å². The zero-order valence-corrected chi connectivity index (χ0v) is 14.5. The van der Waals surface area contributed by atoms with Crippen molar-refractivity contribution in [3.8, 4) is 5.75 Å². The molecule has 0 N–H and O–H groups in total. The normalized spacial score (nSPS) is 22.1. The maximum atomic E-state index is 12.6. The zero-order valence-electron chi connectivity index (χ0n) is 14.5. The first-order valence-electron chi connectivity index (χ1n) is 8.72. The van der Waals surface area contributed by atoms with Crippen molar-refractivity contribution in [2.45, 2.75) is 25.7 Å². The maximum absolute atomic E-state index is 12.6. The minimum atomic E-state index is -0.138. The van der Waals surface area contributed by atoms with E-state index in [0.717, 1.165) is 38.1 Å². The molecule has 0 saturated carbocycles. The van der Waals surface area contributed by atoms with E-state index >= 15 is 0 Å². The van der Waals surface area contributed by atoms with Crippen LogP contribution >= 0.6 is 0 Å². The number of benzene rings is 1. The fourth-order valence-electron chi connectivity index (χ4n) is 3.74. The largest absolute Gasteiger partial charge is 0.497 e. The third kappa shape index (κ3) is 3.71. The summed E-state index contributed by atoms with van der Waals surface area (Å²) in [5.74, 6) is 1.62. The smallest absolute Gasteiger partial charge is 0.227 e. The van der Waals surface area contributed by atoms with Crippen LogP contribution < -0.4 is 4.74 Å². The summed E-state index contributed by atoms with van der Waals surface area (Å²) in [6.45, 7) is 2.20. The van der Waals surface area contributed by atoms with Gasteiger partial charge in [0.1, 0.15) is 5.75 Å². The second-order valence-corrected chi connectivity index (χ2v) is 7.00. The summed E-state index contributed by atoms with van der Waals surface area (Å²) >= 11 is 0. The number of nitrogens with zero attached hydrogens (tertiary/aromatic N) is 2. The molecule has 130 valence electrons. The molecule has 2 aliphatic rings. The number of rotatable bonds is 4. The molecule has 2 heterocycles. The number of carbonyl (C=O) groups is 2. The van der Waals surface area contributed by atoms with Gasteiger partial charge >= 0.3 is 0 Å². The lowest BCUT2D eigenvalue weighted by atomic mass is 9.89. The second kappa shape index (κ2) is 7.24. The van der Waals surface area contributed by atoms with E-state index in [1.165, 1.54) is 5.56 Å². The van der Waals surface area contributed by atoms with Gasteiger partial charge in [0.15, 0.2) is 0 Å². The number of hydrogen-bond acceptors (Lipinski definition) is 3. The first-order valence-corrected chi connectivity index (χ1v) is 8.72. The molecule has 2 fully saturated rings. The standard InChI is InChI=1S/C19H26N2O3/c1-20-13-16(12-18(20)22)19(23)21-9-7-15(8-10-21)11-14-3-5-17(24-2)6-4-14/h3-6,15-16H,7-13H2,1-2H3/t16-/m0/s1. The third-order valence-electron chi connectivity index (χ3n) is 5.30. The first-order chi connectivity index (χ1) is 11.6. The summed E-state index contributed by atoms with van der Waals surface area (Å²) in [6, 6.07) is 8.25. The Kier molecular flexibility index (Phi) is 5.07. The molecular formula is C19H26N2O3. The van der Waals surface area contributed by atoms with Gasteiger partial charge in [-0.3, -0.25) is 9.59 Å². The topological polar surface area (TPSA) is 49.9 Å². The van der Waals surface area contributed by atoms with Crippen LogP contribution in [0.1, 0.15) is 24.8 Å². The Bertz CT molecular complexity index is 591. The van der Waals surface area contributed by atoms with Crippen molar-refractivity contribution < 1.29 is 14.3 Å². The quantitative estimate of drug-likeness (QED) is 0.848. The van der Waals surface area contributed by atoms with E-state index in [2.05, 4.69) is 12.1 Å². The summed E-state index contributed by atoms with van der Waals surface area (Å²) in [4.78, 5) is 27.8. The summed E-state index contributed by atoms with van der Waals surface area (Å²) in [5, 5.41) is 0. The number of likely N-dealkylation sites (tertiary alicyclic amines) is 2. The predicted octanol–water partition coefficient (Wildman–Crippen LogP) is 1.95. The number of carbonyl (C=O) groups excluding carboxylic acids is 2. The third-order valence-corrected chi connectivity index (χ3v) is 5.30. The molecule has 2 saturated heterocycles. The van der Waals surface area contributed by atoms with E-state index in [1.807, 2.05) is 17.0 Å². The predicted molar refractivity (Wildman–Crippen MR) is 91.7 cm³/mol. The van der Waals surface area contributed by atoms with Crippen LogP contribution in [0.15, 0.2) is 24.3 Å². The van der Waals surface area contributed by atoms with Crippen LogP contribution in [0.3, 0.4) is 0 Å².